The van der Waals surface area contributed by atoms with Gasteiger partial charge < -0.3 is 4.74 Å². The Labute approximate surface area is 95.0 Å². The largest absolute Gasteiger partial charge is 0.497 e. The first-order valence-electron chi connectivity index (χ1n) is 4.86. The van der Waals surface area contributed by atoms with E-state index < -0.39 is 0 Å². The highest BCUT2D eigenvalue weighted by molar-refractivity contribution is 6.01. The van der Waals surface area contributed by atoms with Gasteiger partial charge in [-0.3, -0.25) is 4.79 Å². The molecule has 0 aromatic heterocycles. The van der Waals surface area contributed by atoms with Crippen LogP contribution in [0.4, 0.5) is 0 Å². The lowest BCUT2D eigenvalue weighted by molar-refractivity contribution is -0.113. The molecule has 0 saturated carbocycles. The van der Waals surface area contributed by atoms with E-state index in [1.54, 1.807) is 19.3 Å². The molecule has 0 amide bonds. The number of allylic oxidation sites excluding steroid dienone is 1. The lowest BCUT2D eigenvalue weighted by Crippen LogP contribution is -1.94. The molecule has 3 nitrogen and oxygen atoms in total. The van der Waals surface area contributed by atoms with Crippen LogP contribution in [0.25, 0.3) is 6.08 Å². The Hall–Kier alpha value is -2.08. The summed E-state index contributed by atoms with van der Waals surface area (Å²) in [4.78, 5) is 11.1. The zero-order valence-corrected chi connectivity index (χ0v) is 9.57. The van der Waals surface area contributed by atoms with Gasteiger partial charge in [0, 0.05) is 0 Å². The van der Waals surface area contributed by atoms with Gasteiger partial charge in [-0.25, -0.2) is 0 Å². The maximum Gasteiger partial charge on any atom is 0.170 e. The molecule has 0 aliphatic rings. The number of hydrogen-bond donors (Lipinski definition) is 0. The van der Waals surface area contributed by atoms with Gasteiger partial charge in [-0.1, -0.05) is 6.07 Å². The van der Waals surface area contributed by atoms with E-state index in [1.807, 2.05) is 25.1 Å². The van der Waals surface area contributed by atoms with Gasteiger partial charge in [0.1, 0.15) is 11.8 Å². The first kappa shape index (κ1) is 12.0. The second kappa shape index (κ2) is 5.13. The number of hydrogen-bond acceptors (Lipinski definition) is 3. The summed E-state index contributed by atoms with van der Waals surface area (Å²) in [6.07, 6.45) is 1.58. The fourth-order valence-electron chi connectivity index (χ4n) is 1.27. The Bertz CT molecular complexity index is 481. The Balaban J connectivity index is 3.23. The van der Waals surface area contributed by atoms with Gasteiger partial charge in [-0.15, -0.1) is 0 Å². The van der Waals surface area contributed by atoms with Gasteiger partial charge in [0.15, 0.2) is 5.78 Å². The van der Waals surface area contributed by atoms with Crippen LogP contribution in [0.5, 0.6) is 5.75 Å². The first-order chi connectivity index (χ1) is 7.58. The highest BCUT2D eigenvalue weighted by Gasteiger charge is 2.04. The maximum absolute atomic E-state index is 11.1. The zero-order valence-electron chi connectivity index (χ0n) is 9.57. The van der Waals surface area contributed by atoms with E-state index >= 15 is 0 Å². The van der Waals surface area contributed by atoms with Crippen molar-refractivity contribution in [2.75, 3.05) is 7.11 Å². The van der Waals surface area contributed by atoms with Crippen molar-refractivity contribution in [3.63, 3.8) is 0 Å². The monoisotopic (exact) mass is 215 g/mol. The van der Waals surface area contributed by atoms with E-state index in [4.69, 9.17) is 10.00 Å². The summed E-state index contributed by atoms with van der Waals surface area (Å²) in [6, 6.07) is 7.42. The number of nitrogens with zero attached hydrogens (tertiary/aromatic N) is 1. The van der Waals surface area contributed by atoms with Crippen LogP contribution in [-0.2, 0) is 4.79 Å². The minimum absolute atomic E-state index is 0.149. The van der Waals surface area contributed by atoms with Crippen LogP contribution in [0.15, 0.2) is 23.8 Å². The highest BCUT2D eigenvalue weighted by Crippen LogP contribution is 2.19. The third kappa shape index (κ3) is 2.71. The number of rotatable bonds is 3. The fourth-order valence-corrected chi connectivity index (χ4v) is 1.27. The van der Waals surface area contributed by atoms with Crippen LogP contribution >= 0.6 is 0 Å². The van der Waals surface area contributed by atoms with E-state index in [1.165, 1.54) is 6.92 Å². The molecule has 0 aliphatic heterocycles. The van der Waals surface area contributed by atoms with Crippen molar-refractivity contribution in [2.45, 2.75) is 13.8 Å². The molecule has 0 atom stereocenters. The van der Waals surface area contributed by atoms with Crippen molar-refractivity contribution >= 4 is 11.9 Å². The van der Waals surface area contributed by atoms with Crippen molar-refractivity contribution in [3.8, 4) is 11.8 Å². The van der Waals surface area contributed by atoms with Gasteiger partial charge in [0.25, 0.3) is 0 Å². The van der Waals surface area contributed by atoms with Crippen molar-refractivity contribution in [3.05, 3.63) is 34.9 Å². The van der Waals surface area contributed by atoms with Crippen LogP contribution in [0, 0.1) is 18.3 Å². The molecule has 0 unspecified atom stereocenters. The van der Waals surface area contributed by atoms with Crippen LogP contribution in [-0.4, -0.2) is 12.9 Å². The normalized spacial score (nSPS) is 10.8. The average Bonchev–Trinajstić information content (AvgIpc) is 2.27. The number of aryl methyl sites for hydroxylation is 1. The van der Waals surface area contributed by atoms with Crippen LogP contribution in [0.1, 0.15) is 18.1 Å². The Morgan fingerprint density at radius 2 is 2.19 bits per heavy atom. The third-order valence-electron chi connectivity index (χ3n) is 2.29. The summed E-state index contributed by atoms with van der Waals surface area (Å²) in [6.45, 7) is 3.30. The van der Waals surface area contributed by atoms with Crippen LogP contribution < -0.4 is 4.74 Å². The highest BCUT2D eigenvalue weighted by atomic mass is 16.5. The van der Waals surface area contributed by atoms with Gasteiger partial charge in [-0.2, -0.15) is 5.26 Å². The molecule has 0 bridgehead atoms. The molecular weight excluding hydrogens is 202 g/mol. The molecular formula is C13H13NO2. The smallest absolute Gasteiger partial charge is 0.170 e. The Kier molecular flexibility index (Phi) is 3.84. The topological polar surface area (TPSA) is 50.1 Å². The Morgan fingerprint density at radius 1 is 1.50 bits per heavy atom. The van der Waals surface area contributed by atoms with E-state index in [0.29, 0.717) is 5.75 Å². The number of benzene rings is 1. The van der Waals surface area contributed by atoms with E-state index in [2.05, 4.69) is 0 Å². The summed E-state index contributed by atoms with van der Waals surface area (Å²) in [5.41, 5.74) is 1.97. The SMILES string of the molecule is COc1ccc(C)c(/C=C(\C#N)C(C)=O)c1. The molecule has 0 saturated heterocycles. The quantitative estimate of drug-likeness (QED) is 0.575. The van der Waals surface area contributed by atoms with Crippen LogP contribution in [0.2, 0.25) is 0 Å². The molecule has 1 aromatic carbocycles. The van der Waals surface area contributed by atoms with Gasteiger partial charge in [-0.05, 0) is 43.2 Å². The van der Waals surface area contributed by atoms with E-state index in [9.17, 15) is 4.79 Å². The third-order valence-corrected chi connectivity index (χ3v) is 2.29. The molecule has 0 heterocycles. The van der Waals surface area contributed by atoms with Gasteiger partial charge in [0.2, 0.25) is 0 Å². The summed E-state index contributed by atoms with van der Waals surface area (Å²) >= 11 is 0. The fraction of sp³-hybridized carbons (Fsp3) is 0.231. The number of nitriles is 1. The van der Waals surface area contributed by atoms with Crippen molar-refractivity contribution in [1.82, 2.24) is 0 Å². The number of Topliss-reactive ketones (excluding diaryl/α,β-unsaturated/α-hetero) is 1. The predicted molar refractivity (Wildman–Crippen MR) is 62.0 cm³/mol. The van der Waals surface area contributed by atoms with E-state index in [0.717, 1.165) is 11.1 Å². The number of ketones is 1. The molecule has 82 valence electrons. The molecule has 1 rings (SSSR count). The molecule has 1 aromatic rings. The molecule has 16 heavy (non-hydrogen) atoms. The Morgan fingerprint density at radius 3 is 2.69 bits per heavy atom. The number of carbonyl (C=O) groups excluding carboxylic acids is 1. The second-order valence-electron chi connectivity index (χ2n) is 3.45. The molecule has 0 radical (unpaired) electrons. The zero-order chi connectivity index (χ0) is 12.1. The maximum atomic E-state index is 11.1. The molecule has 3 heteroatoms. The van der Waals surface area contributed by atoms with Gasteiger partial charge >= 0.3 is 0 Å². The number of methoxy groups -OCH3 is 1. The van der Waals surface area contributed by atoms with Crippen molar-refractivity contribution in [2.24, 2.45) is 0 Å². The minimum Gasteiger partial charge on any atom is -0.497 e. The first-order valence-corrected chi connectivity index (χ1v) is 4.86. The predicted octanol–water partition coefficient (Wildman–Crippen LogP) is 2.50. The van der Waals surface area contributed by atoms with Crippen molar-refractivity contribution < 1.29 is 9.53 Å². The van der Waals surface area contributed by atoms with E-state index in [-0.39, 0.29) is 11.4 Å². The summed E-state index contributed by atoms with van der Waals surface area (Å²) in [5, 5.41) is 8.80. The summed E-state index contributed by atoms with van der Waals surface area (Å²) in [7, 11) is 1.58. The standard InChI is InChI=1S/C13H13NO2/c1-9-4-5-13(16-3)7-11(9)6-12(8-14)10(2)15/h4-7H,1-3H3/b12-6+. The van der Waals surface area contributed by atoms with Crippen LogP contribution in [0.3, 0.4) is 0 Å². The summed E-state index contributed by atoms with van der Waals surface area (Å²) < 4.78 is 5.09. The molecule has 0 aliphatic carbocycles. The van der Waals surface area contributed by atoms with Crippen molar-refractivity contribution in [1.29, 1.82) is 5.26 Å². The lowest BCUT2D eigenvalue weighted by atomic mass is 10.0. The number of carbonyl (C=O) groups is 1. The number of ether oxygens (including phenoxy) is 1. The average molecular weight is 215 g/mol. The second-order valence-corrected chi connectivity index (χ2v) is 3.45. The minimum atomic E-state index is -0.232. The van der Waals surface area contributed by atoms with Gasteiger partial charge in [0.05, 0.1) is 12.7 Å². The summed E-state index contributed by atoms with van der Waals surface area (Å²) in [5.74, 6) is 0.474. The lowest BCUT2D eigenvalue weighted by Gasteiger charge is -2.04. The molecule has 0 fully saturated rings. The molecule has 0 spiro atoms. The molecule has 0 N–H and O–H groups in total.